The second-order valence-corrected chi connectivity index (χ2v) is 5.15. The van der Waals surface area contributed by atoms with Crippen LogP contribution in [-0.4, -0.2) is 11.3 Å². The lowest BCUT2D eigenvalue weighted by Gasteiger charge is -2.08. The molecule has 0 atom stereocenters. The average Bonchev–Trinajstić information content (AvgIpc) is 2.50. The molecule has 114 valence electrons. The smallest absolute Gasteiger partial charge is 0.184 e. The Morgan fingerprint density at radius 2 is 2.05 bits per heavy atom. The van der Waals surface area contributed by atoms with E-state index in [-0.39, 0.29) is 16.7 Å². The maximum atomic E-state index is 13.7. The van der Waals surface area contributed by atoms with E-state index in [0.29, 0.717) is 11.3 Å². The van der Waals surface area contributed by atoms with Gasteiger partial charge in [-0.15, -0.1) is 0 Å². The maximum absolute atomic E-state index is 13.7. The molecule has 7 heteroatoms. The number of hydrogen-bond acceptors (Lipinski definition) is 3. The van der Waals surface area contributed by atoms with Crippen LogP contribution in [0, 0.1) is 5.82 Å². The molecule has 2 aromatic carbocycles. The van der Waals surface area contributed by atoms with Crippen LogP contribution in [0.4, 0.5) is 4.39 Å². The highest BCUT2D eigenvalue weighted by Crippen LogP contribution is 2.20. The summed E-state index contributed by atoms with van der Waals surface area (Å²) in [5.41, 5.74) is 8.94. The summed E-state index contributed by atoms with van der Waals surface area (Å²) in [5.74, 6) is 0.149. The molecule has 4 nitrogen and oxygen atoms in total. The highest BCUT2D eigenvalue weighted by Gasteiger charge is 2.06. The van der Waals surface area contributed by atoms with Gasteiger partial charge in [0.1, 0.15) is 18.2 Å². The molecule has 0 aliphatic heterocycles. The molecule has 0 radical (unpaired) electrons. The normalized spacial score (nSPS) is 10.6. The Kier molecular flexibility index (Phi) is 5.68. The van der Waals surface area contributed by atoms with E-state index in [9.17, 15) is 4.39 Å². The van der Waals surface area contributed by atoms with Crippen molar-refractivity contribution in [3.63, 3.8) is 0 Å². The van der Waals surface area contributed by atoms with E-state index in [1.165, 1.54) is 6.07 Å². The van der Waals surface area contributed by atoms with E-state index in [0.717, 1.165) is 5.56 Å². The van der Waals surface area contributed by atoms with Gasteiger partial charge in [0.2, 0.25) is 0 Å². The SMILES string of the molecule is NC(=S)NN=Cc1ccc(OCc2cccc(Cl)c2F)cc1. The molecule has 0 saturated carbocycles. The number of ether oxygens (including phenoxy) is 1. The number of hydrogen-bond donors (Lipinski definition) is 2. The van der Waals surface area contributed by atoms with Crippen molar-refractivity contribution < 1.29 is 9.13 Å². The fraction of sp³-hybridized carbons (Fsp3) is 0.0667. The fourth-order valence-corrected chi connectivity index (χ4v) is 1.89. The van der Waals surface area contributed by atoms with Crippen molar-refractivity contribution in [2.24, 2.45) is 10.8 Å². The summed E-state index contributed by atoms with van der Waals surface area (Å²) < 4.78 is 19.2. The standard InChI is InChI=1S/C15H13ClFN3OS/c16-13-3-1-2-11(14(13)17)9-21-12-6-4-10(5-7-12)8-19-20-15(18)22/h1-8H,9H2,(H3,18,20,22). The van der Waals surface area contributed by atoms with E-state index in [1.54, 1.807) is 42.6 Å². The summed E-state index contributed by atoms with van der Waals surface area (Å²) in [6.45, 7) is 0.100. The van der Waals surface area contributed by atoms with Crippen molar-refractivity contribution in [2.45, 2.75) is 6.61 Å². The number of halogens is 2. The molecule has 0 unspecified atom stereocenters. The second-order valence-electron chi connectivity index (χ2n) is 4.30. The number of nitrogens with zero attached hydrogens (tertiary/aromatic N) is 1. The summed E-state index contributed by atoms with van der Waals surface area (Å²) in [7, 11) is 0. The van der Waals surface area contributed by atoms with Crippen LogP contribution in [-0.2, 0) is 6.61 Å². The molecular weight excluding hydrogens is 325 g/mol. The molecule has 0 aliphatic carbocycles. The Labute approximate surface area is 137 Å². The summed E-state index contributed by atoms with van der Waals surface area (Å²) in [4.78, 5) is 0. The van der Waals surface area contributed by atoms with Gasteiger partial charge >= 0.3 is 0 Å². The zero-order valence-corrected chi connectivity index (χ0v) is 13.0. The number of rotatable bonds is 5. The van der Waals surface area contributed by atoms with Gasteiger partial charge in [0.25, 0.3) is 0 Å². The van der Waals surface area contributed by atoms with Crippen LogP contribution >= 0.6 is 23.8 Å². The molecule has 22 heavy (non-hydrogen) atoms. The Hall–Kier alpha value is -2.18. The fourth-order valence-electron chi connectivity index (χ4n) is 1.64. The number of thiocarbonyl (C=S) groups is 1. The second kappa shape index (κ2) is 7.72. The first-order chi connectivity index (χ1) is 10.6. The largest absolute Gasteiger partial charge is 0.489 e. The monoisotopic (exact) mass is 337 g/mol. The minimum Gasteiger partial charge on any atom is -0.489 e. The van der Waals surface area contributed by atoms with Gasteiger partial charge in [-0.05, 0) is 48.1 Å². The molecule has 2 rings (SSSR count). The summed E-state index contributed by atoms with van der Waals surface area (Å²) in [5, 5.41) is 4.02. The van der Waals surface area contributed by atoms with Crippen molar-refractivity contribution in [3.8, 4) is 5.75 Å². The molecular formula is C15H13ClFN3OS. The number of hydrazone groups is 1. The lowest BCUT2D eigenvalue weighted by molar-refractivity contribution is 0.300. The van der Waals surface area contributed by atoms with Crippen LogP contribution in [0.2, 0.25) is 5.02 Å². The average molecular weight is 338 g/mol. The van der Waals surface area contributed by atoms with Crippen LogP contribution in [0.15, 0.2) is 47.6 Å². The molecule has 0 bridgehead atoms. The highest BCUT2D eigenvalue weighted by atomic mass is 35.5. The van der Waals surface area contributed by atoms with Gasteiger partial charge in [-0.25, -0.2) is 4.39 Å². The maximum Gasteiger partial charge on any atom is 0.184 e. The molecule has 0 amide bonds. The van der Waals surface area contributed by atoms with Crippen LogP contribution in [0.25, 0.3) is 0 Å². The molecule has 0 spiro atoms. The Balaban J connectivity index is 1.95. The number of nitrogens with one attached hydrogen (secondary N) is 1. The van der Waals surface area contributed by atoms with E-state index in [4.69, 9.17) is 22.1 Å². The van der Waals surface area contributed by atoms with Crippen LogP contribution in [0.1, 0.15) is 11.1 Å². The van der Waals surface area contributed by atoms with E-state index in [2.05, 4.69) is 22.7 Å². The first kappa shape index (κ1) is 16.2. The molecule has 0 fully saturated rings. The third-order valence-corrected chi connectivity index (χ3v) is 3.08. The Bertz CT molecular complexity index is 692. The first-order valence-electron chi connectivity index (χ1n) is 6.30. The molecule has 0 aliphatic rings. The zero-order valence-electron chi connectivity index (χ0n) is 11.4. The zero-order chi connectivity index (χ0) is 15.9. The van der Waals surface area contributed by atoms with Crippen molar-refractivity contribution in [3.05, 3.63) is 64.4 Å². The van der Waals surface area contributed by atoms with Crippen LogP contribution < -0.4 is 15.9 Å². The third-order valence-electron chi connectivity index (χ3n) is 2.69. The first-order valence-corrected chi connectivity index (χ1v) is 7.09. The summed E-state index contributed by atoms with van der Waals surface area (Å²) in [6.07, 6.45) is 1.57. The third kappa shape index (κ3) is 4.68. The topological polar surface area (TPSA) is 59.6 Å². The molecule has 0 aromatic heterocycles. The van der Waals surface area contributed by atoms with Gasteiger partial charge in [-0.2, -0.15) is 5.10 Å². The van der Waals surface area contributed by atoms with Crippen molar-refractivity contribution in [1.82, 2.24) is 5.43 Å². The predicted octanol–water partition coefficient (Wildman–Crippen LogP) is 3.23. The minimum atomic E-state index is -0.461. The molecule has 2 aromatic rings. The molecule has 0 saturated heterocycles. The van der Waals surface area contributed by atoms with Gasteiger partial charge in [0, 0.05) is 5.56 Å². The van der Waals surface area contributed by atoms with Crippen molar-refractivity contribution in [2.75, 3.05) is 0 Å². The Morgan fingerprint density at radius 3 is 2.73 bits per heavy atom. The predicted molar refractivity (Wildman–Crippen MR) is 89.7 cm³/mol. The highest BCUT2D eigenvalue weighted by molar-refractivity contribution is 7.80. The van der Waals surface area contributed by atoms with E-state index < -0.39 is 5.82 Å². The van der Waals surface area contributed by atoms with Crippen molar-refractivity contribution >= 4 is 35.1 Å². The molecule has 0 heterocycles. The van der Waals surface area contributed by atoms with Crippen LogP contribution in [0.5, 0.6) is 5.75 Å². The van der Waals surface area contributed by atoms with Crippen molar-refractivity contribution in [1.29, 1.82) is 0 Å². The Morgan fingerprint density at radius 1 is 1.32 bits per heavy atom. The van der Waals surface area contributed by atoms with Gasteiger partial charge in [0.15, 0.2) is 5.11 Å². The van der Waals surface area contributed by atoms with Gasteiger partial charge < -0.3 is 10.5 Å². The molecule has 3 N–H and O–H groups in total. The quantitative estimate of drug-likeness (QED) is 0.499. The minimum absolute atomic E-state index is 0.0815. The van der Waals surface area contributed by atoms with E-state index >= 15 is 0 Å². The number of benzene rings is 2. The van der Waals surface area contributed by atoms with Gasteiger partial charge in [-0.3, -0.25) is 5.43 Å². The summed E-state index contributed by atoms with van der Waals surface area (Å²) in [6, 6.07) is 11.9. The number of nitrogens with two attached hydrogens (primary N) is 1. The van der Waals surface area contributed by atoms with Gasteiger partial charge in [-0.1, -0.05) is 23.7 Å². The van der Waals surface area contributed by atoms with E-state index in [1.807, 2.05) is 0 Å². The summed E-state index contributed by atoms with van der Waals surface area (Å²) >= 11 is 10.3. The lowest BCUT2D eigenvalue weighted by Crippen LogP contribution is -2.23. The lowest BCUT2D eigenvalue weighted by atomic mass is 10.2. The van der Waals surface area contributed by atoms with Gasteiger partial charge in [0.05, 0.1) is 11.2 Å². The van der Waals surface area contributed by atoms with Crippen LogP contribution in [0.3, 0.4) is 0 Å².